The maximum Gasteiger partial charge on any atom is 0.235 e. The van der Waals surface area contributed by atoms with E-state index >= 15 is 0 Å². The summed E-state index contributed by atoms with van der Waals surface area (Å²) in [5.74, 6) is 2.37. The SMILES string of the molecule is CC(F)Oc1cc(C(C)C)c(C(C)(C)C)c(C(C)C2CC2)c1. The van der Waals surface area contributed by atoms with E-state index in [1.54, 1.807) is 0 Å². The molecule has 2 atom stereocenters. The lowest BCUT2D eigenvalue weighted by molar-refractivity contribution is 0.0857. The molecule has 2 rings (SSSR count). The predicted molar refractivity (Wildman–Crippen MR) is 91.6 cm³/mol. The van der Waals surface area contributed by atoms with Crippen molar-refractivity contribution in [2.45, 2.75) is 84.9 Å². The minimum Gasteiger partial charge on any atom is -0.461 e. The van der Waals surface area contributed by atoms with E-state index in [0.717, 1.165) is 5.92 Å². The molecule has 1 saturated carbocycles. The quantitative estimate of drug-likeness (QED) is 0.619. The first-order valence-corrected chi connectivity index (χ1v) is 8.60. The summed E-state index contributed by atoms with van der Waals surface area (Å²) in [5.41, 5.74) is 4.17. The molecule has 1 nitrogen and oxygen atoms in total. The van der Waals surface area contributed by atoms with Crippen LogP contribution in [0.4, 0.5) is 4.39 Å². The molecule has 2 unspecified atom stereocenters. The van der Waals surface area contributed by atoms with Gasteiger partial charge in [0.25, 0.3) is 0 Å². The first kappa shape index (κ1) is 17.3. The predicted octanol–water partition coefficient (Wildman–Crippen LogP) is 6.32. The van der Waals surface area contributed by atoms with Gasteiger partial charge < -0.3 is 4.74 Å². The van der Waals surface area contributed by atoms with Crippen LogP contribution >= 0.6 is 0 Å². The second kappa shape index (κ2) is 6.22. The van der Waals surface area contributed by atoms with E-state index in [1.165, 1.54) is 36.5 Å². The zero-order valence-electron chi connectivity index (χ0n) is 15.2. The molecule has 1 aliphatic rings. The summed E-state index contributed by atoms with van der Waals surface area (Å²) in [6.45, 7) is 15.0. The molecule has 1 aliphatic carbocycles. The molecule has 0 amide bonds. The van der Waals surface area contributed by atoms with Gasteiger partial charge in [-0.25, -0.2) is 4.39 Å². The molecule has 1 aromatic carbocycles. The van der Waals surface area contributed by atoms with Crippen molar-refractivity contribution in [1.82, 2.24) is 0 Å². The molecule has 1 aromatic rings. The smallest absolute Gasteiger partial charge is 0.235 e. The van der Waals surface area contributed by atoms with Crippen molar-refractivity contribution in [3.8, 4) is 5.75 Å². The Morgan fingerprint density at radius 1 is 1.05 bits per heavy atom. The Kier molecular flexibility index (Phi) is 4.89. The second-order valence-electron chi connectivity index (χ2n) is 8.17. The topological polar surface area (TPSA) is 9.23 Å². The normalized spacial score (nSPS) is 18.4. The Bertz CT molecular complexity index is 521. The van der Waals surface area contributed by atoms with Crippen LogP contribution in [0.2, 0.25) is 0 Å². The fraction of sp³-hybridized carbons (Fsp3) is 0.700. The van der Waals surface area contributed by atoms with Crippen LogP contribution in [-0.2, 0) is 5.41 Å². The number of ether oxygens (including phenoxy) is 1. The lowest BCUT2D eigenvalue weighted by atomic mass is 9.74. The van der Waals surface area contributed by atoms with Crippen LogP contribution in [0.25, 0.3) is 0 Å². The first-order chi connectivity index (χ1) is 10.1. The van der Waals surface area contributed by atoms with Gasteiger partial charge in [-0.15, -0.1) is 0 Å². The second-order valence-corrected chi connectivity index (χ2v) is 8.17. The van der Waals surface area contributed by atoms with Gasteiger partial charge in [0.05, 0.1) is 0 Å². The van der Waals surface area contributed by atoms with E-state index < -0.39 is 6.36 Å². The highest BCUT2D eigenvalue weighted by atomic mass is 19.1. The first-order valence-electron chi connectivity index (χ1n) is 8.60. The van der Waals surface area contributed by atoms with Crippen molar-refractivity contribution in [2.24, 2.45) is 5.92 Å². The minimum atomic E-state index is -1.27. The summed E-state index contributed by atoms with van der Waals surface area (Å²) in [7, 11) is 0. The summed E-state index contributed by atoms with van der Waals surface area (Å²) >= 11 is 0. The van der Waals surface area contributed by atoms with E-state index in [-0.39, 0.29) is 5.41 Å². The van der Waals surface area contributed by atoms with E-state index in [9.17, 15) is 4.39 Å². The third kappa shape index (κ3) is 3.83. The molecule has 0 aliphatic heterocycles. The Morgan fingerprint density at radius 3 is 2.00 bits per heavy atom. The van der Waals surface area contributed by atoms with Crippen LogP contribution in [0.3, 0.4) is 0 Å². The van der Waals surface area contributed by atoms with Gasteiger partial charge in [-0.1, -0.05) is 41.5 Å². The molecule has 22 heavy (non-hydrogen) atoms. The molecule has 0 radical (unpaired) electrons. The highest BCUT2D eigenvalue weighted by molar-refractivity contribution is 5.49. The van der Waals surface area contributed by atoms with Gasteiger partial charge in [-0.05, 0) is 64.8 Å². The van der Waals surface area contributed by atoms with E-state index in [1.807, 2.05) is 6.07 Å². The van der Waals surface area contributed by atoms with Crippen molar-refractivity contribution in [1.29, 1.82) is 0 Å². The van der Waals surface area contributed by atoms with Crippen LogP contribution in [0, 0.1) is 5.92 Å². The zero-order valence-corrected chi connectivity index (χ0v) is 15.2. The molecule has 0 bridgehead atoms. The summed E-state index contributed by atoms with van der Waals surface area (Å²) in [5, 5.41) is 0. The van der Waals surface area contributed by atoms with E-state index in [0.29, 0.717) is 17.6 Å². The largest absolute Gasteiger partial charge is 0.461 e. The van der Waals surface area contributed by atoms with Gasteiger partial charge in [0, 0.05) is 6.92 Å². The molecule has 1 fully saturated rings. The van der Waals surface area contributed by atoms with Crippen LogP contribution in [0.5, 0.6) is 5.75 Å². The highest BCUT2D eigenvalue weighted by Crippen LogP contribution is 2.47. The summed E-state index contributed by atoms with van der Waals surface area (Å²) in [6, 6.07) is 4.13. The Labute approximate surface area is 135 Å². The monoisotopic (exact) mass is 306 g/mol. The van der Waals surface area contributed by atoms with Gasteiger partial charge in [0.2, 0.25) is 6.36 Å². The average molecular weight is 306 g/mol. The zero-order chi connectivity index (χ0) is 16.7. The number of hydrogen-bond donors (Lipinski definition) is 0. The third-order valence-electron chi connectivity index (χ3n) is 4.66. The standard InChI is InChI=1S/C20H31FO/c1-12(2)17-10-16(22-14(4)21)11-18(13(3)15-8-9-15)19(17)20(5,6)7/h10-15H,8-9H2,1-7H3. The molecule has 124 valence electrons. The van der Waals surface area contributed by atoms with Gasteiger partial charge in [0.1, 0.15) is 5.75 Å². The van der Waals surface area contributed by atoms with Crippen LogP contribution in [0.15, 0.2) is 12.1 Å². The summed E-state index contributed by atoms with van der Waals surface area (Å²) in [4.78, 5) is 0. The number of rotatable bonds is 5. The molecule has 0 aromatic heterocycles. The van der Waals surface area contributed by atoms with Gasteiger partial charge in [-0.2, -0.15) is 0 Å². The van der Waals surface area contributed by atoms with Gasteiger partial charge in [-0.3, -0.25) is 0 Å². The van der Waals surface area contributed by atoms with Crippen molar-refractivity contribution >= 4 is 0 Å². The Morgan fingerprint density at radius 2 is 1.59 bits per heavy atom. The minimum absolute atomic E-state index is 0.0813. The maximum atomic E-state index is 13.3. The summed E-state index contributed by atoms with van der Waals surface area (Å²) < 4.78 is 18.7. The Balaban J connectivity index is 2.61. The number of halogens is 1. The maximum absolute atomic E-state index is 13.3. The van der Waals surface area contributed by atoms with Crippen molar-refractivity contribution in [3.63, 3.8) is 0 Å². The fourth-order valence-corrected chi connectivity index (χ4v) is 3.45. The van der Waals surface area contributed by atoms with E-state index in [4.69, 9.17) is 4.74 Å². The molecule has 0 heterocycles. The highest BCUT2D eigenvalue weighted by Gasteiger charge is 2.34. The van der Waals surface area contributed by atoms with Crippen LogP contribution < -0.4 is 4.74 Å². The average Bonchev–Trinajstić information content (AvgIpc) is 3.18. The van der Waals surface area contributed by atoms with Crippen molar-refractivity contribution in [2.75, 3.05) is 0 Å². The van der Waals surface area contributed by atoms with Gasteiger partial charge in [0.15, 0.2) is 0 Å². The number of alkyl halides is 1. The lowest BCUT2D eigenvalue weighted by Gasteiger charge is -2.31. The lowest BCUT2D eigenvalue weighted by Crippen LogP contribution is -2.20. The number of benzene rings is 1. The van der Waals surface area contributed by atoms with Crippen LogP contribution in [0.1, 0.15) is 89.8 Å². The van der Waals surface area contributed by atoms with Crippen molar-refractivity contribution < 1.29 is 9.13 Å². The summed E-state index contributed by atoms with van der Waals surface area (Å²) in [6.07, 6.45) is 1.35. The fourth-order valence-electron chi connectivity index (χ4n) is 3.45. The molecular formula is C20H31FO. The molecule has 0 spiro atoms. The van der Waals surface area contributed by atoms with Gasteiger partial charge >= 0.3 is 0 Å². The van der Waals surface area contributed by atoms with E-state index in [2.05, 4.69) is 47.6 Å². The molecule has 2 heteroatoms. The molecule has 0 N–H and O–H groups in total. The number of hydrogen-bond acceptors (Lipinski definition) is 1. The Hall–Kier alpha value is -1.05. The van der Waals surface area contributed by atoms with Crippen molar-refractivity contribution in [3.05, 3.63) is 28.8 Å². The van der Waals surface area contributed by atoms with Crippen LogP contribution in [-0.4, -0.2) is 6.36 Å². The molecular weight excluding hydrogens is 275 g/mol. The third-order valence-corrected chi connectivity index (χ3v) is 4.66. The molecule has 0 saturated heterocycles.